The molecule has 1 nitrogen and oxygen atoms in total. The molecule has 2 rings (SSSR count). The van der Waals surface area contributed by atoms with Crippen LogP contribution in [0, 0.1) is 5.41 Å². The molecule has 16 heavy (non-hydrogen) atoms. The Morgan fingerprint density at radius 3 is 3.06 bits per heavy atom. The van der Waals surface area contributed by atoms with E-state index in [0.717, 1.165) is 12.6 Å². The highest BCUT2D eigenvalue weighted by Gasteiger charge is 2.34. The molecule has 1 aromatic rings. The molecule has 0 amide bonds. The van der Waals surface area contributed by atoms with Gasteiger partial charge < -0.3 is 5.32 Å². The summed E-state index contributed by atoms with van der Waals surface area (Å²) in [5, 5.41) is 5.77. The van der Waals surface area contributed by atoms with Crippen LogP contribution < -0.4 is 5.32 Å². The van der Waals surface area contributed by atoms with Crippen LogP contribution in [0.15, 0.2) is 15.9 Å². The van der Waals surface area contributed by atoms with Gasteiger partial charge in [-0.15, -0.1) is 11.3 Å². The van der Waals surface area contributed by atoms with Crippen LogP contribution >= 0.6 is 27.3 Å². The Kier molecular flexibility index (Phi) is 4.09. The van der Waals surface area contributed by atoms with Crippen molar-refractivity contribution in [3.8, 4) is 0 Å². The number of hydrogen-bond donors (Lipinski definition) is 1. The lowest BCUT2D eigenvalue weighted by atomic mass is 9.84. The second kappa shape index (κ2) is 5.19. The first-order valence-corrected chi connectivity index (χ1v) is 7.75. The fourth-order valence-electron chi connectivity index (χ4n) is 2.81. The van der Waals surface area contributed by atoms with Gasteiger partial charge in [0.2, 0.25) is 0 Å². The number of hydrogen-bond acceptors (Lipinski definition) is 2. The largest absolute Gasteiger partial charge is 0.314 e. The fraction of sp³-hybridized carbons (Fsp3) is 0.692. The zero-order valence-corrected chi connectivity index (χ0v) is 12.5. The van der Waals surface area contributed by atoms with E-state index in [-0.39, 0.29) is 0 Å². The molecule has 3 heteroatoms. The average molecular weight is 302 g/mol. The predicted octanol–water partition coefficient (Wildman–Crippen LogP) is 4.22. The molecule has 1 aromatic heterocycles. The second-order valence-corrected chi connectivity index (χ2v) is 7.13. The molecule has 0 radical (unpaired) electrons. The number of thiophene rings is 1. The molecule has 0 aromatic carbocycles. The summed E-state index contributed by atoms with van der Waals surface area (Å²) in [5.41, 5.74) is 0.511. The zero-order valence-electron chi connectivity index (χ0n) is 10.1. The van der Waals surface area contributed by atoms with E-state index in [9.17, 15) is 0 Å². The lowest BCUT2D eigenvalue weighted by molar-refractivity contribution is 0.325. The van der Waals surface area contributed by atoms with Crippen molar-refractivity contribution in [1.29, 1.82) is 0 Å². The van der Waals surface area contributed by atoms with Crippen LogP contribution in [0.3, 0.4) is 0 Å². The van der Waals surface area contributed by atoms with Crippen LogP contribution in [0.5, 0.6) is 0 Å². The van der Waals surface area contributed by atoms with Gasteiger partial charge >= 0.3 is 0 Å². The van der Waals surface area contributed by atoms with E-state index in [1.165, 1.54) is 35.0 Å². The van der Waals surface area contributed by atoms with Gasteiger partial charge in [-0.2, -0.15) is 0 Å². The van der Waals surface area contributed by atoms with E-state index in [1.807, 2.05) is 11.3 Å². The summed E-state index contributed by atoms with van der Waals surface area (Å²) in [4.78, 5) is 1.52. The molecule has 0 spiro atoms. The van der Waals surface area contributed by atoms with Crippen molar-refractivity contribution >= 4 is 27.3 Å². The van der Waals surface area contributed by atoms with E-state index >= 15 is 0 Å². The van der Waals surface area contributed by atoms with Gasteiger partial charge in [-0.25, -0.2) is 0 Å². The first-order chi connectivity index (χ1) is 7.61. The molecule has 1 heterocycles. The quantitative estimate of drug-likeness (QED) is 0.878. The molecule has 1 aliphatic carbocycles. The molecule has 0 aliphatic heterocycles. The average Bonchev–Trinajstić information content (AvgIpc) is 2.75. The minimum absolute atomic E-state index is 0.511. The van der Waals surface area contributed by atoms with Gasteiger partial charge in [-0.05, 0) is 59.6 Å². The molecule has 0 saturated heterocycles. The van der Waals surface area contributed by atoms with Crippen LogP contribution in [0.4, 0.5) is 0 Å². The topological polar surface area (TPSA) is 12.0 Å². The van der Waals surface area contributed by atoms with Crippen LogP contribution in [0.2, 0.25) is 0 Å². The van der Waals surface area contributed by atoms with Gasteiger partial charge in [-0.3, -0.25) is 0 Å². The van der Waals surface area contributed by atoms with Crippen molar-refractivity contribution in [2.24, 2.45) is 5.41 Å². The first-order valence-electron chi connectivity index (χ1n) is 6.07. The Hall–Kier alpha value is 0.140. The minimum Gasteiger partial charge on any atom is -0.314 e. The highest BCUT2D eigenvalue weighted by atomic mass is 79.9. The Balaban J connectivity index is 1.94. The summed E-state index contributed by atoms with van der Waals surface area (Å²) >= 11 is 5.42. The van der Waals surface area contributed by atoms with E-state index < -0.39 is 0 Å². The first kappa shape index (κ1) is 12.6. The molecular weight excluding hydrogens is 282 g/mol. The lowest BCUT2D eigenvalue weighted by Gasteiger charge is -2.23. The predicted molar refractivity (Wildman–Crippen MR) is 75.1 cm³/mol. The fourth-order valence-corrected chi connectivity index (χ4v) is 4.48. The molecule has 1 aliphatic rings. The van der Waals surface area contributed by atoms with Crippen LogP contribution in [0.25, 0.3) is 0 Å². The van der Waals surface area contributed by atoms with Gasteiger partial charge in [0.15, 0.2) is 0 Å². The Bertz CT molecular complexity index is 349. The van der Waals surface area contributed by atoms with Gasteiger partial charge in [0.1, 0.15) is 0 Å². The number of rotatable bonds is 4. The lowest BCUT2D eigenvalue weighted by Crippen LogP contribution is -2.27. The van der Waals surface area contributed by atoms with Crippen molar-refractivity contribution in [3.63, 3.8) is 0 Å². The maximum Gasteiger partial charge on any atom is 0.0285 e. The summed E-state index contributed by atoms with van der Waals surface area (Å²) in [5.74, 6) is 0. The van der Waals surface area contributed by atoms with E-state index in [2.05, 4.69) is 46.5 Å². The second-order valence-electron chi connectivity index (χ2n) is 5.22. The highest BCUT2D eigenvalue weighted by Crippen LogP contribution is 2.41. The van der Waals surface area contributed by atoms with Crippen LogP contribution in [-0.4, -0.2) is 12.6 Å². The maximum atomic E-state index is 3.58. The maximum absolute atomic E-state index is 3.58. The number of nitrogens with one attached hydrogen (secondary N) is 1. The smallest absolute Gasteiger partial charge is 0.0285 e. The normalized spacial score (nSPS) is 29.8. The zero-order chi connectivity index (χ0) is 11.6. The summed E-state index contributed by atoms with van der Waals surface area (Å²) in [7, 11) is 0. The molecule has 1 N–H and O–H groups in total. The van der Waals surface area contributed by atoms with Gasteiger partial charge in [0.05, 0.1) is 0 Å². The molecule has 1 fully saturated rings. The summed E-state index contributed by atoms with van der Waals surface area (Å²) in [6.07, 6.45) is 5.28. The van der Waals surface area contributed by atoms with E-state index in [0.29, 0.717) is 5.41 Å². The van der Waals surface area contributed by atoms with Crippen molar-refractivity contribution in [2.45, 2.75) is 45.6 Å². The molecule has 0 bridgehead atoms. The summed E-state index contributed by atoms with van der Waals surface area (Å²) in [6.45, 7) is 5.75. The van der Waals surface area contributed by atoms with E-state index in [4.69, 9.17) is 0 Å². The van der Waals surface area contributed by atoms with Crippen molar-refractivity contribution < 1.29 is 0 Å². The van der Waals surface area contributed by atoms with Crippen molar-refractivity contribution in [2.75, 3.05) is 6.54 Å². The molecule has 90 valence electrons. The molecule has 1 saturated carbocycles. The minimum atomic E-state index is 0.511. The summed E-state index contributed by atoms with van der Waals surface area (Å²) in [6, 6.07) is 3.02. The Morgan fingerprint density at radius 1 is 1.62 bits per heavy atom. The van der Waals surface area contributed by atoms with E-state index in [1.54, 1.807) is 0 Å². The van der Waals surface area contributed by atoms with Crippen molar-refractivity contribution in [1.82, 2.24) is 5.32 Å². The highest BCUT2D eigenvalue weighted by molar-refractivity contribution is 9.10. The van der Waals surface area contributed by atoms with Crippen LogP contribution in [0.1, 0.15) is 38.0 Å². The number of halogens is 1. The van der Waals surface area contributed by atoms with Gasteiger partial charge in [0, 0.05) is 20.8 Å². The molecule has 2 atom stereocenters. The standard InChI is InChI=1S/C13H20BrNS/c1-3-15-11-4-5-13(2,7-11)8-12-6-10(14)9-16-12/h6,9,11,15H,3-5,7-8H2,1-2H3. The third kappa shape index (κ3) is 3.08. The molecular formula is C13H20BrNS. The third-order valence-corrected chi connectivity index (χ3v) is 5.25. The SMILES string of the molecule is CCNC1CCC(C)(Cc2cc(Br)cs2)C1. The Morgan fingerprint density at radius 2 is 2.44 bits per heavy atom. The third-order valence-electron chi connectivity index (χ3n) is 3.55. The van der Waals surface area contributed by atoms with Gasteiger partial charge in [0.25, 0.3) is 0 Å². The molecule has 2 unspecified atom stereocenters. The summed E-state index contributed by atoms with van der Waals surface area (Å²) < 4.78 is 1.23. The Labute approximate surface area is 111 Å². The van der Waals surface area contributed by atoms with Crippen molar-refractivity contribution in [3.05, 3.63) is 20.8 Å². The monoisotopic (exact) mass is 301 g/mol. The van der Waals surface area contributed by atoms with Gasteiger partial charge in [-0.1, -0.05) is 13.8 Å². The van der Waals surface area contributed by atoms with Crippen LogP contribution in [-0.2, 0) is 6.42 Å².